The van der Waals surface area contributed by atoms with Gasteiger partial charge >= 0.3 is 6.03 Å². The van der Waals surface area contributed by atoms with Crippen molar-refractivity contribution in [3.8, 4) is 6.07 Å². The number of carbonyl (C=O) groups is 1. The van der Waals surface area contributed by atoms with Gasteiger partial charge in [0.15, 0.2) is 0 Å². The summed E-state index contributed by atoms with van der Waals surface area (Å²) in [4.78, 5) is 16.2. The van der Waals surface area contributed by atoms with Crippen molar-refractivity contribution < 1.29 is 9.53 Å². The molecule has 0 bridgehead atoms. The summed E-state index contributed by atoms with van der Waals surface area (Å²) in [5, 5.41) is 14.3. The summed E-state index contributed by atoms with van der Waals surface area (Å²) in [5.74, 6) is 0.388. The van der Waals surface area contributed by atoms with Crippen molar-refractivity contribution in [3.63, 3.8) is 0 Å². The second kappa shape index (κ2) is 6.46. The Labute approximate surface area is 134 Å². The molecule has 1 aromatic carbocycles. The number of ether oxygens (including phenoxy) is 1. The van der Waals surface area contributed by atoms with Crippen LogP contribution in [0, 0.1) is 11.3 Å². The number of nitriles is 1. The van der Waals surface area contributed by atoms with E-state index >= 15 is 0 Å². The summed E-state index contributed by atoms with van der Waals surface area (Å²) in [6.07, 6.45) is 1.29. The van der Waals surface area contributed by atoms with Crippen LogP contribution in [-0.2, 0) is 11.3 Å². The molecule has 0 fully saturated rings. The molecule has 2 N–H and O–H groups in total. The van der Waals surface area contributed by atoms with Gasteiger partial charge in [-0.1, -0.05) is 24.3 Å². The standard InChI is InChI=1S/C17H16N4O2/c1-11-16(14-5-3-2-4-13(14)10-23-11)21-17(22)20-15-7-6-12(8-18)9-19-15/h2-7,9,11,16H,10H2,1H3,(H2,19,20,21,22). The Hall–Kier alpha value is -2.91. The van der Waals surface area contributed by atoms with Gasteiger partial charge in [-0.05, 0) is 30.2 Å². The number of urea groups is 1. The highest BCUT2D eigenvalue weighted by Crippen LogP contribution is 2.29. The van der Waals surface area contributed by atoms with Crippen LogP contribution in [-0.4, -0.2) is 17.1 Å². The summed E-state index contributed by atoms with van der Waals surface area (Å²) in [5.41, 5.74) is 2.58. The van der Waals surface area contributed by atoms with Crippen LogP contribution in [0.5, 0.6) is 0 Å². The van der Waals surface area contributed by atoms with E-state index in [1.807, 2.05) is 37.3 Å². The average molecular weight is 308 g/mol. The van der Waals surface area contributed by atoms with Crippen molar-refractivity contribution in [2.24, 2.45) is 0 Å². The number of nitrogens with zero attached hydrogens (tertiary/aromatic N) is 2. The fourth-order valence-corrected chi connectivity index (χ4v) is 2.56. The van der Waals surface area contributed by atoms with Gasteiger partial charge in [0, 0.05) is 6.20 Å². The number of hydrogen-bond acceptors (Lipinski definition) is 4. The van der Waals surface area contributed by atoms with Crippen LogP contribution in [0.2, 0.25) is 0 Å². The van der Waals surface area contributed by atoms with E-state index in [2.05, 4.69) is 15.6 Å². The zero-order chi connectivity index (χ0) is 16.2. The molecule has 0 spiro atoms. The Morgan fingerprint density at radius 2 is 2.17 bits per heavy atom. The molecule has 23 heavy (non-hydrogen) atoms. The third-order valence-electron chi connectivity index (χ3n) is 3.78. The number of pyridine rings is 1. The molecule has 2 amide bonds. The van der Waals surface area contributed by atoms with Gasteiger partial charge < -0.3 is 10.1 Å². The van der Waals surface area contributed by atoms with E-state index in [1.54, 1.807) is 12.1 Å². The lowest BCUT2D eigenvalue weighted by atomic mass is 9.95. The first-order valence-corrected chi connectivity index (χ1v) is 7.30. The molecule has 6 nitrogen and oxygen atoms in total. The maximum atomic E-state index is 12.2. The Morgan fingerprint density at radius 1 is 1.35 bits per heavy atom. The lowest BCUT2D eigenvalue weighted by Crippen LogP contribution is -2.41. The number of benzene rings is 1. The summed E-state index contributed by atoms with van der Waals surface area (Å²) < 4.78 is 5.70. The SMILES string of the molecule is CC1OCc2ccccc2C1NC(=O)Nc1ccc(C#N)cn1. The lowest BCUT2D eigenvalue weighted by Gasteiger charge is -2.32. The maximum absolute atomic E-state index is 12.2. The van der Waals surface area contributed by atoms with E-state index in [0.29, 0.717) is 18.0 Å². The number of aromatic nitrogens is 1. The zero-order valence-electron chi connectivity index (χ0n) is 12.6. The van der Waals surface area contributed by atoms with E-state index in [1.165, 1.54) is 6.20 Å². The Morgan fingerprint density at radius 3 is 2.91 bits per heavy atom. The molecule has 0 saturated carbocycles. The molecule has 0 saturated heterocycles. The number of nitrogens with one attached hydrogen (secondary N) is 2. The topological polar surface area (TPSA) is 87.0 Å². The van der Waals surface area contributed by atoms with Crippen molar-refractivity contribution >= 4 is 11.8 Å². The Balaban J connectivity index is 1.71. The molecule has 1 aromatic heterocycles. The minimum Gasteiger partial charge on any atom is -0.371 e. The highest BCUT2D eigenvalue weighted by Gasteiger charge is 2.28. The van der Waals surface area contributed by atoms with E-state index in [9.17, 15) is 4.79 Å². The van der Waals surface area contributed by atoms with Crippen LogP contribution in [0.3, 0.4) is 0 Å². The molecule has 0 radical (unpaired) electrons. The monoisotopic (exact) mass is 308 g/mol. The minimum atomic E-state index is -0.362. The molecule has 2 unspecified atom stereocenters. The number of hydrogen-bond donors (Lipinski definition) is 2. The van der Waals surface area contributed by atoms with Crippen LogP contribution in [0.15, 0.2) is 42.6 Å². The molecule has 0 aliphatic carbocycles. The number of fused-ring (bicyclic) bond motifs is 1. The number of amides is 2. The first kappa shape index (κ1) is 15.0. The van der Waals surface area contributed by atoms with Gasteiger partial charge in [-0.15, -0.1) is 0 Å². The smallest absolute Gasteiger partial charge is 0.320 e. The normalized spacial score (nSPS) is 19.3. The van der Waals surface area contributed by atoms with E-state index < -0.39 is 0 Å². The molecule has 6 heteroatoms. The van der Waals surface area contributed by atoms with Crippen molar-refractivity contribution in [3.05, 3.63) is 59.3 Å². The number of rotatable bonds is 2. The molecule has 2 atom stereocenters. The molecule has 1 aliphatic rings. The van der Waals surface area contributed by atoms with Crippen molar-refractivity contribution in [1.82, 2.24) is 10.3 Å². The first-order chi connectivity index (χ1) is 11.2. The molecule has 2 heterocycles. The van der Waals surface area contributed by atoms with Gasteiger partial charge in [0.1, 0.15) is 11.9 Å². The second-order valence-corrected chi connectivity index (χ2v) is 5.33. The predicted molar refractivity (Wildman–Crippen MR) is 84.5 cm³/mol. The summed E-state index contributed by atoms with van der Waals surface area (Å²) in [6.45, 7) is 2.48. The van der Waals surface area contributed by atoms with Crippen molar-refractivity contribution in [2.45, 2.75) is 25.7 Å². The molecular formula is C17H16N4O2. The largest absolute Gasteiger partial charge is 0.371 e. The van der Waals surface area contributed by atoms with Crippen LogP contribution in [0.4, 0.5) is 10.6 Å². The average Bonchev–Trinajstić information content (AvgIpc) is 2.58. The van der Waals surface area contributed by atoms with Gasteiger partial charge in [-0.25, -0.2) is 9.78 Å². The fourth-order valence-electron chi connectivity index (χ4n) is 2.56. The Bertz CT molecular complexity index is 752. The molecule has 2 aromatic rings. The van der Waals surface area contributed by atoms with E-state index in [-0.39, 0.29) is 18.2 Å². The Kier molecular flexibility index (Phi) is 4.22. The second-order valence-electron chi connectivity index (χ2n) is 5.33. The predicted octanol–water partition coefficient (Wildman–Crippen LogP) is 2.73. The zero-order valence-corrected chi connectivity index (χ0v) is 12.6. The van der Waals surface area contributed by atoms with E-state index in [0.717, 1.165) is 11.1 Å². The van der Waals surface area contributed by atoms with Crippen molar-refractivity contribution in [2.75, 3.05) is 5.32 Å². The fraction of sp³-hybridized carbons (Fsp3) is 0.235. The highest BCUT2D eigenvalue weighted by molar-refractivity contribution is 5.88. The van der Waals surface area contributed by atoms with Gasteiger partial charge in [0.2, 0.25) is 0 Å². The summed E-state index contributed by atoms with van der Waals surface area (Å²) >= 11 is 0. The quantitative estimate of drug-likeness (QED) is 0.893. The molecular weight excluding hydrogens is 292 g/mol. The third kappa shape index (κ3) is 3.30. The van der Waals surface area contributed by atoms with Gasteiger partial charge in [-0.2, -0.15) is 5.26 Å². The number of carbonyl (C=O) groups excluding carboxylic acids is 1. The lowest BCUT2D eigenvalue weighted by molar-refractivity contribution is 0.0148. The maximum Gasteiger partial charge on any atom is 0.320 e. The molecule has 3 rings (SSSR count). The first-order valence-electron chi connectivity index (χ1n) is 7.30. The van der Waals surface area contributed by atoms with Gasteiger partial charge in [0.25, 0.3) is 0 Å². The van der Waals surface area contributed by atoms with Gasteiger partial charge in [0.05, 0.1) is 24.3 Å². The van der Waals surface area contributed by atoms with Crippen LogP contribution in [0.25, 0.3) is 0 Å². The molecule has 1 aliphatic heterocycles. The summed E-state index contributed by atoms with van der Waals surface area (Å²) in [7, 11) is 0. The van der Waals surface area contributed by atoms with Crippen LogP contribution >= 0.6 is 0 Å². The van der Waals surface area contributed by atoms with E-state index in [4.69, 9.17) is 10.00 Å². The van der Waals surface area contributed by atoms with Gasteiger partial charge in [-0.3, -0.25) is 5.32 Å². The summed E-state index contributed by atoms with van der Waals surface area (Å²) in [6, 6.07) is 12.5. The minimum absolute atomic E-state index is 0.121. The van der Waals surface area contributed by atoms with Crippen LogP contribution < -0.4 is 10.6 Å². The third-order valence-corrected chi connectivity index (χ3v) is 3.78. The highest BCUT2D eigenvalue weighted by atomic mass is 16.5. The molecule has 116 valence electrons. The van der Waals surface area contributed by atoms with Crippen LogP contribution in [0.1, 0.15) is 29.7 Å². The number of anilines is 1. The van der Waals surface area contributed by atoms with Crippen molar-refractivity contribution in [1.29, 1.82) is 5.26 Å².